The summed E-state index contributed by atoms with van der Waals surface area (Å²) < 4.78 is 4.94. The maximum absolute atomic E-state index is 5.38. The average molecular weight is 154 g/mol. The van der Waals surface area contributed by atoms with Gasteiger partial charge in [-0.25, -0.2) is 0 Å². The highest BCUT2D eigenvalue weighted by atomic mass is 16.5. The van der Waals surface area contributed by atoms with Crippen molar-refractivity contribution >= 4 is 5.82 Å². The van der Waals surface area contributed by atoms with Gasteiger partial charge in [-0.15, -0.1) is 0 Å². The van der Waals surface area contributed by atoms with Crippen LogP contribution in [0.1, 0.15) is 26.0 Å². The Morgan fingerprint density at radius 3 is 2.82 bits per heavy atom. The Bertz CT molecular complexity index is 218. The van der Waals surface area contributed by atoms with E-state index < -0.39 is 0 Å². The second-order valence-electron chi connectivity index (χ2n) is 3.15. The monoisotopic (exact) mass is 154 g/mol. The molecule has 0 radical (unpaired) electrons. The smallest absolute Gasteiger partial charge is 0.167 e. The summed E-state index contributed by atoms with van der Waals surface area (Å²) in [6.45, 7) is 4.36. The molecule has 0 aliphatic rings. The molecule has 0 unspecified atom stereocenters. The van der Waals surface area contributed by atoms with Crippen molar-refractivity contribution in [2.24, 2.45) is 5.92 Å². The molecule has 0 bridgehead atoms. The highest BCUT2D eigenvalue weighted by Gasteiger charge is 2.01. The van der Waals surface area contributed by atoms with E-state index in [4.69, 9.17) is 10.3 Å². The summed E-state index contributed by atoms with van der Waals surface area (Å²) in [6.07, 6.45) is 2.05. The summed E-state index contributed by atoms with van der Waals surface area (Å²) in [7, 11) is 0. The molecule has 1 rings (SSSR count). The van der Waals surface area contributed by atoms with Crippen LogP contribution in [-0.4, -0.2) is 5.16 Å². The topological polar surface area (TPSA) is 52.0 Å². The van der Waals surface area contributed by atoms with Crippen molar-refractivity contribution in [3.05, 3.63) is 11.8 Å². The summed E-state index contributed by atoms with van der Waals surface area (Å²) in [6, 6.07) is 1.78. The molecular weight excluding hydrogens is 140 g/mol. The first-order valence-electron chi connectivity index (χ1n) is 3.89. The minimum absolute atomic E-state index is 0.476. The quantitative estimate of drug-likeness (QED) is 0.722. The number of hydrogen-bond acceptors (Lipinski definition) is 3. The highest BCUT2D eigenvalue weighted by Crippen LogP contribution is 2.10. The Hall–Kier alpha value is -0.990. The van der Waals surface area contributed by atoms with Gasteiger partial charge >= 0.3 is 0 Å². The van der Waals surface area contributed by atoms with Crippen molar-refractivity contribution < 1.29 is 4.52 Å². The van der Waals surface area contributed by atoms with Gasteiger partial charge in [0.25, 0.3) is 0 Å². The predicted molar refractivity (Wildman–Crippen MR) is 44.1 cm³/mol. The normalized spacial score (nSPS) is 10.8. The van der Waals surface area contributed by atoms with E-state index in [-0.39, 0.29) is 0 Å². The van der Waals surface area contributed by atoms with Gasteiger partial charge in [0.15, 0.2) is 5.82 Å². The SMILES string of the molecule is CC(C)CCc1cc(N)no1. The average Bonchev–Trinajstić information content (AvgIpc) is 2.31. The lowest BCUT2D eigenvalue weighted by Gasteiger charge is -1.99. The van der Waals surface area contributed by atoms with Gasteiger partial charge in [0.05, 0.1) is 0 Å². The number of aromatic nitrogens is 1. The number of rotatable bonds is 3. The van der Waals surface area contributed by atoms with Crippen molar-refractivity contribution in [3.8, 4) is 0 Å². The number of nitrogens with two attached hydrogens (primary N) is 1. The first kappa shape index (κ1) is 8.11. The van der Waals surface area contributed by atoms with Crippen LogP contribution in [0.5, 0.6) is 0 Å². The highest BCUT2D eigenvalue weighted by molar-refractivity contribution is 5.26. The third kappa shape index (κ3) is 2.62. The van der Waals surface area contributed by atoms with Gasteiger partial charge in [-0.05, 0) is 12.3 Å². The summed E-state index contributed by atoms with van der Waals surface area (Å²) >= 11 is 0. The van der Waals surface area contributed by atoms with Crippen LogP contribution in [0.25, 0.3) is 0 Å². The van der Waals surface area contributed by atoms with E-state index in [9.17, 15) is 0 Å². The van der Waals surface area contributed by atoms with Crippen molar-refractivity contribution in [1.29, 1.82) is 0 Å². The standard InChI is InChI=1S/C8H14N2O/c1-6(2)3-4-7-5-8(9)10-11-7/h5-6H,3-4H2,1-2H3,(H2,9,10). The largest absolute Gasteiger partial charge is 0.381 e. The number of nitrogens with zero attached hydrogens (tertiary/aromatic N) is 1. The zero-order valence-corrected chi connectivity index (χ0v) is 7.00. The van der Waals surface area contributed by atoms with Gasteiger partial charge in [0.1, 0.15) is 5.76 Å². The van der Waals surface area contributed by atoms with Crippen LogP contribution in [0.4, 0.5) is 5.82 Å². The Morgan fingerprint density at radius 2 is 2.36 bits per heavy atom. The minimum Gasteiger partial charge on any atom is -0.381 e. The fourth-order valence-electron chi connectivity index (χ4n) is 0.878. The molecule has 3 nitrogen and oxygen atoms in total. The number of anilines is 1. The molecule has 0 aromatic carbocycles. The molecule has 11 heavy (non-hydrogen) atoms. The number of hydrogen-bond donors (Lipinski definition) is 1. The molecule has 0 spiro atoms. The number of nitrogen functional groups attached to an aromatic ring is 1. The van der Waals surface area contributed by atoms with Crippen LogP contribution in [0.15, 0.2) is 10.6 Å². The fourth-order valence-corrected chi connectivity index (χ4v) is 0.878. The maximum atomic E-state index is 5.38. The van der Waals surface area contributed by atoms with E-state index in [0.717, 1.165) is 18.6 Å². The molecule has 0 saturated carbocycles. The molecule has 0 atom stereocenters. The lowest BCUT2D eigenvalue weighted by molar-refractivity contribution is 0.375. The molecule has 1 heterocycles. The summed E-state index contributed by atoms with van der Waals surface area (Å²) in [4.78, 5) is 0. The van der Waals surface area contributed by atoms with Crippen LogP contribution in [-0.2, 0) is 6.42 Å². The molecular formula is C8H14N2O. The molecule has 0 aliphatic carbocycles. The van der Waals surface area contributed by atoms with E-state index in [1.807, 2.05) is 0 Å². The Balaban J connectivity index is 2.39. The van der Waals surface area contributed by atoms with Crippen LogP contribution in [0.3, 0.4) is 0 Å². The Kier molecular flexibility index (Phi) is 2.52. The van der Waals surface area contributed by atoms with Gasteiger partial charge in [-0.2, -0.15) is 0 Å². The van der Waals surface area contributed by atoms with Crippen molar-refractivity contribution in [2.45, 2.75) is 26.7 Å². The van der Waals surface area contributed by atoms with Gasteiger partial charge in [-0.3, -0.25) is 0 Å². The molecule has 2 N–H and O–H groups in total. The van der Waals surface area contributed by atoms with E-state index >= 15 is 0 Å². The van der Waals surface area contributed by atoms with Crippen molar-refractivity contribution in [3.63, 3.8) is 0 Å². The molecule has 1 aromatic rings. The number of aryl methyl sites for hydroxylation is 1. The van der Waals surface area contributed by atoms with E-state index in [2.05, 4.69) is 19.0 Å². The third-order valence-corrected chi connectivity index (χ3v) is 1.55. The van der Waals surface area contributed by atoms with Crippen molar-refractivity contribution in [2.75, 3.05) is 5.73 Å². The molecule has 0 saturated heterocycles. The first-order chi connectivity index (χ1) is 5.18. The van der Waals surface area contributed by atoms with Crippen molar-refractivity contribution in [1.82, 2.24) is 5.16 Å². The lowest BCUT2D eigenvalue weighted by Crippen LogP contribution is -1.90. The minimum atomic E-state index is 0.476. The Labute approximate surface area is 66.6 Å². The lowest BCUT2D eigenvalue weighted by atomic mass is 10.1. The van der Waals surface area contributed by atoms with Crippen LogP contribution in [0, 0.1) is 5.92 Å². The van der Waals surface area contributed by atoms with E-state index in [1.54, 1.807) is 6.07 Å². The van der Waals surface area contributed by atoms with E-state index in [1.165, 1.54) is 0 Å². The molecule has 3 heteroatoms. The van der Waals surface area contributed by atoms with Gasteiger partial charge in [-0.1, -0.05) is 19.0 Å². The second-order valence-corrected chi connectivity index (χ2v) is 3.15. The van der Waals surface area contributed by atoms with E-state index in [0.29, 0.717) is 11.7 Å². The molecule has 1 aromatic heterocycles. The van der Waals surface area contributed by atoms with Crippen LogP contribution in [0.2, 0.25) is 0 Å². The summed E-state index contributed by atoms with van der Waals surface area (Å²) in [5, 5.41) is 3.60. The summed E-state index contributed by atoms with van der Waals surface area (Å²) in [5.41, 5.74) is 5.38. The third-order valence-electron chi connectivity index (χ3n) is 1.55. The summed E-state index contributed by atoms with van der Waals surface area (Å²) in [5.74, 6) is 2.06. The molecule has 0 aliphatic heterocycles. The van der Waals surface area contributed by atoms with Gasteiger partial charge < -0.3 is 10.3 Å². The van der Waals surface area contributed by atoms with Gasteiger partial charge in [0, 0.05) is 12.5 Å². The molecule has 0 fully saturated rings. The first-order valence-corrected chi connectivity index (χ1v) is 3.89. The predicted octanol–water partition coefficient (Wildman–Crippen LogP) is 1.85. The molecule has 62 valence electrons. The molecule has 0 amide bonds. The zero-order valence-electron chi connectivity index (χ0n) is 7.00. The second kappa shape index (κ2) is 3.42. The van der Waals surface area contributed by atoms with Crippen LogP contribution < -0.4 is 5.73 Å². The Morgan fingerprint density at radius 1 is 1.64 bits per heavy atom. The zero-order chi connectivity index (χ0) is 8.27. The maximum Gasteiger partial charge on any atom is 0.167 e. The fraction of sp³-hybridized carbons (Fsp3) is 0.625. The van der Waals surface area contributed by atoms with Gasteiger partial charge in [0.2, 0.25) is 0 Å². The van der Waals surface area contributed by atoms with Crippen LogP contribution >= 0.6 is 0 Å².